The summed E-state index contributed by atoms with van der Waals surface area (Å²) in [4.78, 5) is 25.4. The fraction of sp³-hybridized carbons (Fsp3) is 0.723. The SMILES string of the molecule is CCCCCCCCCCCCCCCCCCCCCCOc1ccc(/C=C/C(=O)CC(=O)/C=C/c2ccc(OCCCCCCCCCCCCCCCCCCCCCC)c(OC)c2)cc1OC. The van der Waals surface area contributed by atoms with E-state index < -0.39 is 0 Å². The van der Waals surface area contributed by atoms with Gasteiger partial charge in [0.1, 0.15) is 0 Å². The number of hydrogen-bond donors (Lipinski definition) is 0. The summed E-state index contributed by atoms with van der Waals surface area (Å²) in [6.07, 6.45) is 60.9. The third-order valence-electron chi connectivity index (χ3n) is 14.2. The van der Waals surface area contributed by atoms with Gasteiger partial charge in [-0.15, -0.1) is 0 Å². The van der Waals surface area contributed by atoms with Crippen LogP contribution in [0.2, 0.25) is 0 Å². The Morgan fingerprint density at radius 1 is 0.338 bits per heavy atom. The Morgan fingerprint density at radius 2 is 0.577 bits per heavy atom. The van der Waals surface area contributed by atoms with Gasteiger partial charge < -0.3 is 18.9 Å². The molecule has 6 heteroatoms. The first kappa shape index (κ1) is 63.6. The fourth-order valence-electron chi connectivity index (χ4n) is 9.56. The highest BCUT2D eigenvalue weighted by Crippen LogP contribution is 2.30. The molecule has 0 atom stereocenters. The van der Waals surface area contributed by atoms with Crippen LogP contribution in [0.3, 0.4) is 0 Å². The van der Waals surface area contributed by atoms with Crippen LogP contribution in [0.1, 0.15) is 288 Å². The molecule has 2 aromatic carbocycles. The van der Waals surface area contributed by atoms with Crippen molar-refractivity contribution in [3.05, 3.63) is 59.7 Å². The molecule has 71 heavy (non-hydrogen) atoms. The highest BCUT2D eigenvalue weighted by atomic mass is 16.5. The number of methoxy groups -OCH3 is 2. The van der Waals surface area contributed by atoms with E-state index in [4.69, 9.17) is 18.9 Å². The minimum absolute atomic E-state index is 0.206. The van der Waals surface area contributed by atoms with Gasteiger partial charge in [0.05, 0.1) is 33.9 Å². The van der Waals surface area contributed by atoms with Crippen LogP contribution < -0.4 is 18.9 Å². The molecule has 0 bridgehead atoms. The van der Waals surface area contributed by atoms with Crippen molar-refractivity contribution in [2.24, 2.45) is 0 Å². The number of hydrogen-bond acceptors (Lipinski definition) is 6. The average Bonchev–Trinajstić information content (AvgIpc) is 3.38. The summed E-state index contributed by atoms with van der Waals surface area (Å²) in [5, 5.41) is 0. The second-order valence-electron chi connectivity index (χ2n) is 20.7. The van der Waals surface area contributed by atoms with Gasteiger partial charge in [-0.2, -0.15) is 0 Å². The zero-order chi connectivity index (χ0) is 50.9. The average molecular weight is 986 g/mol. The summed E-state index contributed by atoms with van der Waals surface area (Å²) in [7, 11) is 3.26. The summed E-state index contributed by atoms with van der Waals surface area (Å²) in [5.74, 6) is 2.16. The predicted molar refractivity (Wildman–Crippen MR) is 306 cm³/mol. The highest BCUT2D eigenvalue weighted by Gasteiger charge is 2.09. The quantitative estimate of drug-likeness (QED) is 0.0374. The van der Waals surface area contributed by atoms with E-state index in [2.05, 4.69) is 13.8 Å². The molecule has 6 nitrogen and oxygen atoms in total. The normalized spacial score (nSPS) is 11.5. The molecule has 0 aliphatic carbocycles. The molecule has 0 fully saturated rings. The highest BCUT2D eigenvalue weighted by molar-refractivity contribution is 6.10. The second kappa shape index (κ2) is 47.5. The maximum atomic E-state index is 12.7. The number of carbonyl (C=O) groups is 2. The monoisotopic (exact) mass is 985 g/mol. The van der Waals surface area contributed by atoms with Crippen molar-refractivity contribution in [1.29, 1.82) is 0 Å². The van der Waals surface area contributed by atoms with Gasteiger partial charge in [-0.1, -0.05) is 282 Å². The number of benzene rings is 2. The van der Waals surface area contributed by atoms with Crippen molar-refractivity contribution >= 4 is 23.7 Å². The van der Waals surface area contributed by atoms with Crippen molar-refractivity contribution in [2.75, 3.05) is 27.4 Å². The van der Waals surface area contributed by atoms with Gasteiger partial charge >= 0.3 is 0 Å². The zero-order valence-corrected chi connectivity index (χ0v) is 46.6. The molecule has 0 radical (unpaired) electrons. The Bertz CT molecular complexity index is 1490. The first-order chi connectivity index (χ1) is 35.0. The molecule has 404 valence electrons. The van der Waals surface area contributed by atoms with Crippen LogP contribution in [0.15, 0.2) is 48.6 Å². The summed E-state index contributed by atoms with van der Waals surface area (Å²) in [6, 6.07) is 11.3. The fourth-order valence-corrected chi connectivity index (χ4v) is 9.56. The third kappa shape index (κ3) is 36.9. The molecule has 2 aromatic rings. The largest absolute Gasteiger partial charge is 0.493 e. The van der Waals surface area contributed by atoms with E-state index in [1.165, 1.54) is 256 Å². The molecule has 0 aliphatic heterocycles. The molecular weight excluding hydrogens is 877 g/mol. The van der Waals surface area contributed by atoms with Crippen LogP contribution >= 0.6 is 0 Å². The Morgan fingerprint density at radius 3 is 0.817 bits per heavy atom. The summed E-state index contributed by atoms with van der Waals surface area (Å²) >= 11 is 0. The second-order valence-corrected chi connectivity index (χ2v) is 20.7. The van der Waals surface area contributed by atoms with Gasteiger partial charge in [0.25, 0.3) is 0 Å². The van der Waals surface area contributed by atoms with E-state index in [-0.39, 0.29) is 18.0 Å². The maximum absolute atomic E-state index is 12.7. The van der Waals surface area contributed by atoms with Crippen LogP contribution in [0.5, 0.6) is 23.0 Å². The van der Waals surface area contributed by atoms with Crippen LogP contribution in [0.25, 0.3) is 12.2 Å². The number of unbranched alkanes of at least 4 members (excludes halogenated alkanes) is 38. The van der Waals surface area contributed by atoms with Gasteiger partial charge in [-0.3, -0.25) is 9.59 Å². The summed E-state index contributed by atoms with van der Waals surface area (Å²) in [5.41, 5.74) is 1.62. The lowest BCUT2D eigenvalue weighted by atomic mass is 10.0. The number of ether oxygens (including phenoxy) is 4. The van der Waals surface area contributed by atoms with Crippen LogP contribution in [0, 0.1) is 0 Å². The molecule has 2 rings (SSSR count). The van der Waals surface area contributed by atoms with Gasteiger partial charge in [-0.25, -0.2) is 0 Å². The van der Waals surface area contributed by atoms with Crippen LogP contribution in [-0.2, 0) is 9.59 Å². The van der Waals surface area contributed by atoms with Crippen molar-refractivity contribution in [3.63, 3.8) is 0 Å². The maximum Gasteiger partial charge on any atom is 0.163 e. The molecule has 0 heterocycles. The van der Waals surface area contributed by atoms with E-state index >= 15 is 0 Å². The summed E-state index contributed by atoms with van der Waals surface area (Å²) < 4.78 is 23.3. The minimum Gasteiger partial charge on any atom is -0.493 e. The van der Waals surface area contributed by atoms with E-state index in [1.54, 1.807) is 26.4 Å². The van der Waals surface area contributed by atoms with E-state index in [0.29, 0.717) is 36.2 Å². The first-order valence-corrected chi connectivity index (χ1v) is 30.0. The van der Waals surface area contributed by atoms with Gasteiger partial charge in [0.2, 0.25) is 0 Å². The Hall–Kier alpha value is -3.54. The van der Waals surface area contributed by atoms with Crippen molar-refractivity contribution in [1.82, 2.24) is 0 Å². The number of rotatable bonds is 52. The molecular formula is C65H108O6. The van der Waals surface area contributed by atoms with E-state index in [9.17, 15) is 9.59 Å². The molecule has 0 aromatic heterocycles. The number of allylic oxidation sites excluding steroid dienone is 2. The number of carbonyl (C=O) groups excluding carboxylic acids is 2. The van der Waals surface area contributed by atoms with Crippen LogP contribution in [-0.4, -0.2) is 39.0 Å². The summed E-state index contributed by atoms with van der Waals surface area (Å²) in [6.45, 7) is 5.89. The van der Waals surface area contributed by atoms with Gasteiger partial charge in [0.15, 0.2) is 34.6 Å². The lowest BCUT2D eigenvalue weighted by Gasteiger charge is -2.11. The molecule has 0 saturated heterocycles. The van der Waals surface area contributed by atoms with Crippen molar-refractivity contribution in [2.45, 2.75) is 277 Å². The van der Waals surface area contributed by atoms with Crippen molar-refractivity contribution < 1.29 is 28.5 Å². The van der Waals surface area contributed by atoms with Gasteiger partial charge in [0, 0.05) is 0 Å². The lowest BCUT2D eigenvalue weighted by molar-refractivity contribution is -0.121. The van der Waals surface area contributed by atoms with E-state index in [0.717, 1.165) is 24.0 Å². The third-order valence-corrected chi connectivity index (χ3v) is 14.2. The van der Waals surface area contributed by atoms with E-state index in [1.807, 2.05) is 36.4 Å². The Kier molecular flexibility index (Phi) is 42.5. The molecule has 0 amide bonds. The number of ketones is 2. The minimum atomic E-state index is -0.259. The first-order valence-electron chi connectivity index (χ1n) is 30.0. The zero-order valence-electron chi connectivity index (χ0n) is 46.6. The van der Waals surface area contributed by atoms with Crippen LogP contribution in [0.4, 0.5) is 0 Å². The Balaban J connectivity index is 1.50. The van der Waals surface area contributed by atoms with Gasteiger partial charge in [-0.05, 0) is 60.4 Å². The predicted octanol–water partition coefficient (Wildman–Crippen LogP) is 20.4. The smallest absolute Gasteiger partial charge is 0.163 e. The molecule has 0 spiro atoms. The molecule has 0 N–H and O–H groups in total. The standard InChI is InChI=1S/C65H108O6/c1-5-7-9-11-13-15-17-19-21-23-25-27-29-31-33-35-37-39-41-43-53-70-62-51-47-58(55-64(62)68-3)45-49-60(66)57-61(67)50-46-59-48-52-63(65(56-59)69-4)71-54-44-42-40-38-36-34-32-30-28-26-24-22-20-18-16-14-12-10-8-6-2/h45-52,55-56H,5-44,53-54,57H2,1-4H3/b49-45+,50-46+. The van der Waals surface area contributed by atoms with Crippen molar-refractivity contribution in [3.8, 4) is 23.0 Å². The molecule has 0 unspecified atom stereocenters. The Labute approximate surface area is 437 Å². The molecule has 0 aliphatic rings. The topological polar surface area (TPSA) is 71.1 Å². The molecule has 0 saturated carbocycles. The lowest BCUT2D eigenvalue weighted by Crippen LogP contribution is -2.02.